The highest BCUT2D eigenvalue weighted by molar-refractivity contribution is 6.18. The molecule has 3 aromatic rings. The number of hydrogen-bond donors (Lipinski definition) is 0. The lowest BCUT2D eigenvalue weighted by Gasteiger charge is -2.14. The van der Waals surface area contributed by atoms with Crippen molar-refractivity contribution in [3.63, 3.8) is 0 Å². The average Bonchev–Trinajstić information content (AvgIpc) is 2.87. The number of azo groups is 1. The molecule has 0 bridgehead atoms. The second kappa shape index (κ2) is 12.9. The fraction of sp³-hybridized carbons (Fsp3) is 0.280. The summed E-state index contributed by atoms with van der Waals surface area (Å²) in [5.41, 5.74) is 3.22. The predicted molar refractivity (Wildman–Crippen MR) is 131 cm³/mol. The molecule has 0 atom stereocenters. The summed E-state index contributed by atoms with van der Waals surface area (Å²) in [5, 5.41) is 8.46. The highest BCUT2D eigenvalue weighted by Crippen LogP contribution is 2.31. The third-order valence-electron chi connectivity index (χ3n) is 4.76. The zero-order chi connectivity index (χ0) is 23.5. The van der Waals surface area contributed by atoms with E-state index in [0.29, 0.717) is 42.9 Å². The normalized spacial score (nSPS) is 10.9. The van der Waals surface area contributed by atoms with Crippen molar-refractivity contribution in [2.75, 3.05) is 27.4 Å². The van der Waals surface area contributed by atoms with Crippen LogP contribution in [0.2, 0.25) is 0 Å². The summed E-state index contributed by atoms with van der Waals surface area (Å²) < 4.78 is 22.2. The molecule has 0 aliphatic rings. The quantitative estimate of drug-likeness (QED) is 0.151. The van der Waals surface area contributed by atoms with Gasteiger partial charge in [0.15, 0.2) is 0 Å². The molecule has 0 saturated carbocycles. The molecule has 8 heteroatoms. The number of rotatable bonds is 12. The highest BCUT2D eigenvalue weighted by atomic mass is 35.5. The van der Waals surface area contributed by atoms with Gasteiger partial charge in [0.25, 0.3) is 0 Å². The summed E-state index contributed by atoms with van der Waals surface area (Å²) in [7, 11) is 3.24. The van der Waals surface area contributed by atoms with E-state index in [-0.39, 0.29) is 0 Å². The first kappa shape index (κ1) is 24.7. The topological polar surface area (TPSA) is 61.6 Å². The summed E-state index contributed by atoms with van der Waals surface area (Å²) in [6, 6.07) is 18.6. The van der Waals surface area contributed by atoms with Gasteiger partial charge in [0.05, 0.1) is 50.6 Å². The van der Waals surface area contributed by atoms with Gasteiger partial charge in [-0.25, -0.2) is 0 Å². The maximum atomic E-state index is 6.05. The van der Waals surface area contributed by atoms with E-state index in [4.69, 9.17) is 42.1 Å². The van der Waals surface area contributed by atoms with E-state index in [2.05, 4.69) is 10.2 Å². The Bertz CT molecular complexity index is 1040. The van der Waals surface area contributed by atoms with E-state index in [1.165, 1.54) is 0 Å². The molecule has 0 aromatic heterocycles. The molecule has 0 radical (unpaired) electrons. The first-order valence-corrected chi connectivity index (χ1v) is 11.5. The first-order chi connectivity index (χ1) is 16.2. The Labute approximate surface area is 204 Å². The molecule has 3 rings (SSSR count). The van der Waals surface area contributed by atoms with Crippen molar-refractivity contribution in [2.24, 2.45) is 10.2 Å². The molecule has 0 amide bonds. The second-order valence-corrected chi connectivity index (χ2v) is 7.52. The number of hydrogen-bond acceptors (Lipinski definition) is 6. The first-order valence-electron chi connectivity index (χ1n) is 10.4. The van der Waals surface area contributed by atoms with Gasteiger partial charge in [0.2, 0.25) is 0 Å². The Morgan fingerprint density at radius 3 is 1.70 bits per heavy atom. The molecule has 0 saturated heterocycles. The second-order valence-electron chi connectivity index (χ2n) is 6.98. The molecule has 0 fully saturated rings. The molecule has 0 unspecified atom stereocenters. The Hall–Kier alpha value is -2.96. The third kappa shape index (κ3) is 7.27. The summed E-state index contributed by atoms with van der Waals surface area (Å²) in [6.07, 6.45) is 0.711. The minimum Gasteiger partial charge on any atom is -0.497 e. The number of halogens is 2. The molecule has 0 spiro atoms. The molecule has 0 N–H and O–H groups in total. The van der Waals surface area contributed by atoms with Gasteiger partial charge in [-0.05, 0) is 60.7 Å². The number of alkyl halides is 2. The molecule has 33 heavy (non-hydrogen) atoms. The van der Waals surface area contributed by atoms with Crippen molar-refractivity contribution in [3.05, 3.63) is 71.8 Å². The minimum absolute atomic E-state index is 0.326. The van der Waals surface area contributed by atoms with Crippen LogP contribution in [0.4, 0.5) is 11.4 Å². The van der Waals surface area contributed by atoms with Gasteiger partial charge in [-0.15, -0.1) is 23.2 Å². The standard InChI is InChI=1S/C25H26Cl2N2O4/c1-30-22-8-4-20(5-9-22)28-29-21-6-10-23(11-7-21)32-12-3-13-33-25-15-18(16-26)24(31-2)14-19(25)17-27/h4-11,14-15H,3,12-13,16-17H2,1-2H3. The lowest BCUT2D eigenvalue weighted by atomic mass is 10.1. The molecule has 0 aliphatic carbocycles. The van der Waals surface area contributed by atoms with Gasteiger partial charge < -0.3 is 18.9 Å². The lowest BCUT2D eigenvalue weighted by Crippen LogP contribution is -2.06. The molecule has 174 valence electrons. The summed E-state index contributed by atoms with van der Waals surface area (Å²) in [6.45, 7) is 1.01. The molecule has 6 nitrogen and oxygen atoms in total. The largest absolute Gasteiger partial charge is 0.497 e. The van der Waals surface area contributed by atoms with E-state index >= 15 is 0 Å². The Kier molecular flexibility index (Phi) is 9.66. The van der Waals surface area contributed by atoms with Crippen molar-refractivity contribution in [1.29, 1.82) is 0 Å². The summed E-state index contributed by atoms with van der Waals surface area (Å²) >= 11 is 12.0. The molecule has 0 aliphatic heterocycles. The van der Waals surface area contributed by atoms with Crippen molar-refractivity contribution in [1.82, 2.24) is 0 Å². The monoisotopic (exact) mass is 488 g/mol. The smallest absolute Gasteiger partial charge is 0.124 e. The Morgan fingerprint density at radius 2 is 1.15 bits per heavy atom. The van der Waals surface area contributed by atoms with Crippen molar-refractivity contribution in [3.8, 4) is 23.0 Å². The Morgan fingerprint density at radius 1 is 0.636 bits per heavy atom. The number of nitrogens with zero attached hydrogens (tertiary/aromatic N) is 2. The summed E-state index contributed by atoms with van der Waals surface area (Å²) in [4.78, 5) is 0. The maximum absolute atomic E-state index is 6.05. The Balaban J connectivity index is 1.45. The fourth-order valence-electron chi connectivity index (χ4n) is 2.98. The molecular weight excluding hydrogens is 463 g/mol. The van der Waals surface area contributed by atoms with Crippen LogP contribution in [0.3, 0.4) is 0 Å². The van der Waals surface area contributed by atoms with E-state index in [1.807, 2.05) is 60.7 Å². The minimum atomic E-state index is 0.326. The van der Waals surface area contributed by atoms with Crippen LogP contribution in [0.25, 0.3) is 0 Å². The number of benzene rings is 3. The van der Waals surface area contributed by atoms with Crippen LogP contribution in [0, 0.1) is 0 Å². The van der Waals surface area contributed by atoms with Crippen molar-refractivity contribution >= 4 is 34.6 Å². The van der Waals surface area contributed by atoms with E-state index in [0.717, 1.165) is 34.0 Å². The van der Waals surface area contributed by atoms with Gasteiger partial charge in [0, 0.05) is 17.5 Å². The van der Waals surface area contributed by atoms with Gasteiger partial charge in [-0.2, -0.15) is 10.2 Å². The van der Waals surface area contributed by atoms with E-state index in [9.17, 15) is 0 Å². The van der Waals surface area contributed by atoms with Crippen LogP contribution in [-0.4, -0.2) is 27.4 Å². The fourth-order valence-corrected chi connectivity index (χ4v) is 3.40. The van der Waals surface area contributed by atoms with E-state index in [1.54, 1.807) is 14.2 Å². The van der Waals surface area contributed by atoms with Gasteiger partial charge in [0.1, 0.15) is 23.0 Å². The SMILES string of the molecule is COc1ccc(N=Nc2ccc(OCCCOc3cc(CCl)c(OC)cc3CCl)cc2)cc1. The average molecular weight is 489 g/mol. The van der Waals surface area contributed by atoms with Crippen LogP contribution in [0.15, 0.2) is 70.9 Å². The van der Waals surface area contributed by atoms with Crippen LogP contribution in [-0.2, 0) is 11.8 Å². The van der Waals surface area contributed by atoms with Crippen molar-refractivity contribution < 1.29 is 18.9 Å². The van der Waals surface area contributed by atoms with Crippen LogP contribution < -0.4 is 18.9 Å². The van der Waals surface area contributed by atoms with Crippen molar-refractivity contribution in [2.45, 2.75) is 18.2 Å². The van der Waals surface area contributed by atoms with Gasteiger partial charge >= 0.3 is 0 Å². The van der Waals surface area contributed by atoms with E-state index < -0.39 is 0 Å². The molecular formula is C25H26Cl2N2O4. The predicted octanol–water partition coefficient (Wildman–Crippen LogP) is 7.44. The van der Waals surface area contributed by atoms with Crippen LogP contribution in [0.5, 0.6) is 23.0 Å². The molecule has 3 aromatic carbocycles. The van der Waals surface area contributed by atoms with Gasteiger partial charge in [-0.3, -0.25) is 0 Å². The zero-order valence-corrected chi connectivity index (χ0v) is 20.1. The van der Waals surface area contributed by atoms with Crippen LogP contribution in [0.1, 0.15) is 17.5 Å². The number of methoxy groups -OCH3 is 2. The molecule has 0 heterocycles. The zero-order valence-electron chi connectivity index (χ0n) is 18.6. The highest BCUT2D eigenvalue weighted by Gasteiger charge is 2.11. The van der Waals surface area contributed by atoms with Gasteiger partial charge in [-0.1, -0.05) is 0 Å². The number of ether oxygens (including phenoxy) is 4. The van der Waals surface area contributed by atoms with Crippen LogP contribution >= 0.6 is 23.2 Å². The third-order valence-corrected chi connectivity index (χ3v) is 5.33. The summed E-state index contributed by atoms with van der Waals surface area (Å²) in [5.74, 6) is 3.63. The maximum Gasteiger partial charge on any atom is 0.124 e. The lowest BCUT2D eigenvalue weighted by molar-refractivity contribution is 0.246.